The number of hydrogen-bond donors (Lipinski definition) is 1. The summed E-state index contributed by atoms with van der Waals surface area (Å²) in [6.45, 7) is 9.72. The molecule has 1 unspecified atom stereocenters. The molecule has 10 heteroatoms. The molecule has 1 aromatic rings. The summed E-state index contributed by atoms with van der Waals surface area (Å²) in [7, 11) is 3.64. The molecule has 2 aliphatic rings. The Morgan fingerprint density at radius 3 is 2.43 bits per heavy atom. The fraction of sp³-hybridized carbons (Fsp3) is 0.741. The molecular formula is C27H44N6O4. The van der Waals surface area contributed by atoms with Gasteiger partial charge in [0.15, 0.2) is 5.69 Å². The molecule has 1 aliphatic heterocycles. The first-order chi connectivity index (χ1) is 17.5. The van der Waals surface area contributed by atoms with E-state index in [2.05, 4.69) is 10.4 Å². The number of nitrogens with one attached hydrogen (secondary N) is 1. The molecule has 37 heavy (non-hydrogen) atoms. The summed E-state index contributed by atoms with van der Waals surface area (Å²) in [6.07, 6.45) is 3.24. The molecule has 1 atom stereocenters. The number of nitrogens with zero attached hydrogens (tertiary/aromatic N) is 5. The van der Waals surface area contributed by atoms with Gasteiger partial charge in [0.1, 0.15) is 0 Å². The van der Waals surface area contributed by atoms with Crippen LogP contribution in [-0.4, -0.2) is 93.9 Å². The number of fused-ring (bicyclic) bond motifs is 1. The minimum atomic E-state index is -0.259. The average molecular weight is 517 g/mol. The van der Waals surface area contributed by atoms with Gasteiger partial charge < -0.3 is 20.0 Å². The van der Waals surface area contributed by atoms with E-state index in [-0.39, 0.29) is 54.5 Å². The molecular weight excluding hydrogens is 472 g/mol. The molecule has 2 bridgehead atoms. The highest BCUT2D eigenvalue weighted by molar-refractivity contribution is 5.94. The Morgan fingerprint density at radius 2 is 1.76 bits per heavy atom. The first kappa shape index (κ1) is 28.7. The Morgan fingerprint density at radius 1 is 1.03 bits per heavy atom. The Labute approximate surface area is 220 Å². The van der Waals surface area contributed by atoms with E-state index < -0.39 is 0 Å². The minimum absolute atomic E-state index is 0.0171. The first-order valence-corrected chi connectivity index (χ1v) is 13.6. The molecule has 0 spiro atoms. The monoisotopic (exact) mass is 516 g/mol. The molecule has 0 saturated carbocycles. The molecule has 10 nitrogen and oxygen atoms in total. The van der Waals surface area contributed by atoms with E-state index in [1.54, 1.807) is 26.4 Å². The second kappa shape index (κ2) is 12.6. The number of hydrogen-bond acceptors (Lipinski definition) is 5. The van der Waals surface area contributed by atoms with Gasteiger partial charge in [-0.15, -0.1) is 0 Å². The van der Waals surface area contributed by atoms with Gasteiger partial charge in [-0.25, -0.2) is 0 Å². The highest BCUT2D eigenvalue weighted by Crippen LogP contribution is 2.27. The summed E-state index contributed by atoms with van der Waals surface area (Å²) < 4.78 is 1.77. The Hall–Kier alpha value is -2.91. The molecule has 0 aromatic carbocycles. The number of aromatic nitrogens is 2. The van der Waals surface area contributed by atoms with Gasteiger partial charge in [-0.05, 0) is 37.5 Å². The van der Waals surface area contributed by atoms with E-state index in [0.717, 1.165) is 24.1 Å². The van der Waals surface area contributed by atoms with Crippen molar-refractivity contribution in [2.24, 2.45) is 18.9 Å². The Kier molecular flexibility index (Phi) is 9.73. The maximum Gasteiger partial charge on any atom is 0.272 e. The van der Waals surface area contributed by atoms with Crippen LogP contribution in [0, 0.1) is 11.8 Å². The third-order valence-corrected chi connectivity index (χ3v) is 7.27. The van der Waals surface area contributed by atoms with Gasteiger partial charge in [-0.1, -0.05) is 27.7 Å². The van der Waals surface area contributed by atoms with Crippen LogP contribution >= 0.6 is 0 Å². The summed E-state index contributed by atoms with van der Waals surface area (Å²) in [5.74, 6) is 0.0342. The Balaban J connectivity index is 1.89. The topological polar surface area (TPSA) is 108 Å². The van der Waals surface area contributed by atoms with Gasteiger partial charge in [-0.3, -0.25) is 23.9 Å². The van der Waals surface area contributed by atoms with Gasteiger partial charge >= 0.3 is 0 Å². The molecule has 1 N–H and O–H groups in total. The second-order valence-electron chi connectivity index (χ2n) is 11.3. The number of carbonyl (C=O) groups excluding carboxylic acids is 4. The summed E-state index contributed by atoms with van der Waals surface area (Å²) in [6, 6.07) is -0.0633. The zero-order chi connectivity index (χ0) is 27.3. The molecule has 0 saturated heterocycles. The van der Waals surface area contributed by atoms with Crippen molar-refractivity contribution < 1.29 is 19.2 Å². The third-order valence-electron chi connectivity index (χ3n) is 7.27. The highest BCUT2D eigenvalue weighted by Gasteiger charge is 2.32. The van der Waals surface area contributed by atoms with Crippen molar-refractivity contribution in [2.75, 3.05) is 39.8 Å². The van der Waals surface area contributed by atoms with Crippen LogP contribution in [0.2, 0.25) is 0 Å². The molecule has 1 aliphatic carbocycles. The summed E-state index contributed by atoms with van der Waals surface area (Å²) >= 11 is 0. The molecule has 206 valence electrons. The predicted molar refractivity (Wildman–Crippen MR) is 141 cm³/mol. The van der Waals surface area contributed by atoms with Crippen LogP contribution in [0.25, 0.3) is 0 Å². The van der Waals surface area contributed by atoms with Crippen LogP contribution in [-0.2, 0) is 34.3 Å². The number of aryl methyl sites for hydroxylation is 1. The normalized spacial score (nSPS) is 20.5. The standard InChI is InChI=1S/C27H44N6O4/c1-18(2)14-24(35)32-12-7-8-23(34)33(16-19(3)4)17-25(36)30(5)20-9-10-22-21(15-20)26(29-31(22)6)27(37)28-11-13-32/h18-20H,7-17H2,1-6H3,(H,28,37). The van der Waals surface area contributed by atoms with Crippen LogP contribution in [0.5, 0.6) is 0 Å². The molecule has 0 fully saturated rings. The predicted octanol–water partition coefficient (Wildman–Crippen LogP) is 1.62. The van der Waals surface area contributed by atoms with Crippen molar-refractivity contribution in [3.05, 3.63) is 17.0 Å². The van der Waals surface area contributed by atoms with Crippen molar-refractivity contribution in [3.63, 3.8) is 0 Å². The van der Waals surface area contributed by atoms with E-state index in [1.165, 1.54) is 0 Å². The van der Waals surface area contributed by atoms with Gasteiger partial charge in [0.25, 0.3) is 5.91 Å². The fourth-order valence-corrected chi connectivity index (χ4v) is 5.26. The molecule has 2 heterocycles. The summed E-state index contributed by atoms with van der Waals surface area (Å²) in [5, 5.41) is 7.45. The zero-order valence-corrected chi connectivity index (χ0v) is 23.4. The van der Waals surface area contributed by atoms with Crippen molar-refractivity contribution in [2.45, 2.75) is 72.3 Å². The maximum absolute atomic E-state index is 13.3. The van der Waals surface area contributed by atoms with E-state index >= 15 is 0 Å². The maximum atomic E-state index is 13.3. The lowest BCUT2D eigenvalue weighted by Crippen LogP contribution is -2.47. The molecule has 0 radical (unpaired) electrons. The number of amides is 4. The number of carbonyl (C=O) groups is 4. The van der Waals surface area contributed by atoms with Crippen LogP contribution in [0.4, 0.5) is 0 Å². The lowest BCUT2D eigenvalue weighted by molar-refractivity contribution is -0.141. The van der Waals surface area contributed by atoms with Crippen molar-refractivity contribution in [1.29, 1.82) is 0 Å². The van der Waals surface area contributed by atoms with E-state index in [1.807, 2.05) is 34.7 Å². The van der Waals surface area contributed by atoms with Crippen molar-refractivity contribution in [3.8, 4) is 0 Å². The number of likely N-dealkylation sites (N-methyl/N-ethyl adjacent to an activating group) is 1. The van der Waals surface area contributed by atoms with E-state index in [0.29, 0.717) is 51.1 Å². The SMILES string of the molecule is CC(C)CC(=O)N1CCCC(=O)N(CC(C)C)CC(=O)N(C)C2CCc3c(c(nn3C)C(=O)NCC1)C2. The highest BCUT2D eigenvalue weighted by atomic mass is 16.2. The van der Waals surface area contributed by atoms with Gasteiger partial charge in [-0.2, -0.15) is 5.10 Å². The van der Waals surface area contributed by atoms with Crippen molar-refractivity contribution >= 4 is 23.6 Å². The van der Waals surface area contributed by atoms with Gasteiger partial charge in [0.05, 0.1) is 6.54 Å². The molecule has 3 rings (SSSR count). The molecule has 4 amide bonds. The van der Waals surface area contributed by atoms with Gasteiger partial charge in [0.2, 0.25) is 17.7 Å². The average Bonchev–Trinajstić information content (AvgIpc) is 3.16. The van der Waals surface area contributed by atoms with E-state index in [4.69, 9.17) is 0 Å². The summed E-state index contributed by atoms with van der Waals surface area (Å²) in [4.78, 5) is 57.6. The van der Waals surface area contributed by atoms with Crippen LogP contribution in [0.1, 0.15) is 75.1 Å². The Bertz CT molecular complexity index is 1000. The quantitative estimate of drug-likeness (QED) is 0.654. The van der Waals surface area contributed by atoms with Crippen LogP contribution < -0.4 is 5.32 Å². The van der Waals surface area contributed by atoms with Crippen molar-refractivity contribution in [1.82, 2.24) is 29.8 Å². The molecule has 1 aromatic heterocycles. The van der Waals surface area contributed by atoms with Crippen LogP contribution in [0.3, 0.4) is 0 Å². The third kappa shape index (κ3) is 7.32. The van der Waals surface area contributed by atoms with E-state index in [9.17, 15) is 19.2 Å². The number of rotatable bonds is 4. The lowest BCUT2D eigenvalue weighted by atomic mass is 9.90. The minimum Gasteiger partial charge on any atom is -0.349 e. The van der Waals surface area contributed by atoms with Crippen LogP contribution in [0.15, 0.2) is 0 Å². The van der Waals surface area contributed by atoms with Gasteiger partial charge in [0, 0.05) is 70.4 Å². The smallest absolute Gasteiger partial charge is 0.272 e. The first-order valence-electron chi connectivity index (χ1n) is 13.6. The second-order valence-corrected chi connectivity index (χ2v) is 11.3. The summed E-state index contributed by atoms with van der Waals surface area (Å²) in [5.41, 5.74) is 2.29. The zero-order valence-electron chi connectivity index (χ0n) is 23.4. The lowest BCUT2D eigenvalue weighted by Gasteiger charge is -2.34. The largest absolute Gasteiger partial charge is 0.349 e. The fourth-order valence-electron chi connectivity index (χ4n) is 5.26.